The second-order valence-corrected chi connectivity index (χ2v) is 6.58. The Labute approximate surface area is 152 Å². The van der Waals surface area contributed by atoms with Crippen molar-refractivity contribution in [1.82, 2.24) is 5.32 Å². The fourth-order valence-corrected chi connectivity index (χ4v) is 2.99. The van der Waals surface area contributed by atoms with Crippen LogP contribution in [0.1, 0.15) is 34.3 Å². The summed E-state index contributed by atoms with van der Waals surface area (Å²) in [7, 11) is 0. The number of ether oxygens (including phenoxy) is 1. The third-order valence-corrected chi connectivity index (χ3v) is 4.56. The minimum atomic E-state index is -0.134. The van der Waals surface area contributed by atoms with E-state index in [2.05, 4.69) is 17.4 Å². The van der Waals surface area contributed by atoms with Gasteiger partial charge in [-0.05, 0) is 35.4 Å². The molecule has 0 saturated heterocycles. The minimum Gasteiger partial charge on any atom is -0.371 e. The van der Waals surface area contributed by atoms with Crippen LogP contribution in [0.15, 0.2) is 48.5 Å². The summed E-state index contributed by atoms with van der Waals surface area (Å²) in [4.78, 5) is 24.0. The van der Waals surface area contributed by atoms with Crippen molar-refractivity contribution in [3.63, 3.8) is 0 Å². The van der Waals surface area contributed by atoms with Crippen LogP contribution in [0.5, 0.6) is 0 Å². The molecule has 0 fully saturated rings. The number of carbonyl (C=O) groups is 2. The zero-order valence-corrected chi connectivity index (χ0v) is 14.6. The van der Waals surface area contributed by atoms with E-state index in [1.54, 1.807) is 24.3 Å². The van der Waals surface area contributed by atoms with Gasteiger partial charge < -0.3 is 10.1 Å². The van der Waals surface area contributed by atoms with Crippen LogP contribution in [0, 0.1) is 0 Å². The van der Waals surface area contributed by atoms with Gasteiger partial charge in [0.2, 0.25) is 5.91 Å². The van der Waals surface area contributed by atoms with Crippen molar-refractivity contribution in [1.29, 1.82) is 0 Å². The van der Waals surface area contributed by atoms with Gasteiger partial charge in [0.25, 0.3) is 0 Å². The maximum absolute atomic E-state index is 12.1. The molecular formula is C20H20ClNO3. The van der Waals surface area contributed by atoms with Crippen LogP contribution in [0.3, 0.4) is 0 Å². The van der Waals surface area contributed by atoms with Gasteiger partial charge >= 0.3 is 0 Å². The number of nitrogens with one attached hydrogen (secondary N) is 1. The second-order valence-electron chi connectivity index (χ2n) is 6.14. The van der Waals surface area contributed by atoms with Crippen molar-refractivity contribution in [2.75, 3.05) is 6.54 Å². The quantitative estimate of drug-likeness (QED) is 0.804. The molecule has 1 aliphatic rings. The standard InChI is InChI=1S/C20H20ClNO3/c21-17-7-5-14(6-8-17)19(23)9-10-20(24)22-12-18-11-15-3-1-2-4-16(15)13-25-18/h1-8,18H,9-13H2,(H,22,24). The summed E-state index contributed by atoms with van der Waals surface area (Å²) in [5.74, 6) is -0.195. The maximum Gasteiger partial charge on any atom is 0.220 e. The van der Waals surface area contributed by atoms with Crippen molar-refractivity contribution in [2.45, 2.75) is 32.0 Å². The molecule has 0 aromatic heterocycles. The lowest BCUT2D eigenvalue weighted by Gasteiger charge is -2.25. The number of hydrogen-bond donors (Lipinski definition) is 1. The number of fused-ring (bicyclic) bond motifs is 1. The number of benzene rings is 2. The topological polar surface area (TPSA) is 55.4 Å². The van der Waals surface area contributed by atoms with Crippen LogP contribution in [0.25, 0.3) is 0 Å². The number of hydrogen-bond acceptors (Lipinski definition) is 3. The number of ketones is 1. The highest BCUT2D eigenvalue weighted by Crippen LogP contribution is 2.19. The van der Waals surface area contributed by atoms with Crippen LogP contribution >= 0.6 is 11.6 Å². The van der Waals surface area contributed by atoms with E-state index in [0.29, 0.717) is 23.7 Å². The molecule has 130 valence electrons. The van der Waals surface area contributed by atoms with Crippen LogP contribution in [-0.2, 0) is 22.6 Å². The lowest BCUT2D eigenvalue weighted by molar-refractivity contribution is -0.121. The van der Waals surface area contributed by atoms with Gasteiger partial charge in [0.1, 0.15) is 0 Å². The predicted molar refractivity (Wildman–Crippen MR) is 96.7 cm³/mol. The number of Topliss-reactive ketones (excluding diaryl/α,β-unsaturated/α-hetero) is 1. The lowest BCUT2D eigenvalue weighted by atomic mass is 9.99. The molecule has 0 radical (unpaired) electrons. The van der Waals surface area contributed by atoms with Gasteiger partial charge in [0.05, 0.1) is 12.7 Å². The van der Waals surface area contributed by atoms with E-state index in [1.807, 2.05) is 12.1 Å². The molecule has 0 aliphatic carbocycles. The van der Waals surface area contributed by atoms with Crippen LogP contribution in [0.4, 0.5) is 0 Å². The highest BCUT2D eigenvalue weighted by Gasteiger charge is 2.19. The molecule has 0 spiro atoms. The Morgan fingerprint density at radius 3 is 2.52 bits per heavy atom. The third kappa shape index (κ3) is 4.91. The lowest BCUT2D eigenvalue weighted by Crippen LogP contribution is -2.36. The Morgan fingerprint density at radius 1 is 1.04 bits per heavy atom. The number of carbonyl (C=O) groups excluding carboxylic acids is 2. The summed E-state index contributed by atoms with van der Waals surface area (Å²) in [6.45, 7) is 1.04. The van der Waals surface area contributed by atoms with Gasteiger partial charge in [0.15, 0.2) is 5.78 Å². The molecule has 1 N–H and O–H groups in total. The molecule has 1 atom stereocenters. The smallest absolute Gasteiger partial charge is 0.220 e. The van der Waals surface area contributed by atoms with E-state index in [1.165, 1.54) is 11.1 Å². The first kappa shape index (κ1) is 17.6. The molecule has 25 heavy (non-hydrogen) atoms. The molecule has 2 aromatic rings. The molecule has 2 aromatic carbocycles. The van der Waals surface area contributed by atoms with Gasteiger partial charge in [-0.15, -0.1) is 0 Å². The van der Waals surface area contributed by atoms with Gasteiger partial charge in [-0.25, -0.2) is 0 Å². The molecular weight excluding hydrogens is 338 g/mol. The summed E-state index contributed by atoms with van der Waals surface area (Å²) < 4.78 is 5.77. The Kier molecular flexibility index (Phi) is 5.84. The fourth-order valence-electron chi connectivity index (χ4n) is 2.86. The van der Waals surface area contributed by atoms with E-state index in [-0.39, 0.29) is 30.6 Å². The molecule has 1 unspecified atom stereocenters. The molecule has 1 amide bonds. The van der Waals surface area contributed by atoms with Gasteiger partial charge in [-0.3, -0.25) is 9.59 Å². The summed E-state index contributed by atoms with van der Waals surface area (Å²) in [5.41, 5.74) is 3.05. The first-order valence-electron chi connectivity index (χ1n) is 8.35. The maximum atomic E-state index is 12.1. The van der Waals surface area contributed by atoms with Gasteiger partial charge in [-0.1, -0.05) is 35.9 Å². The Morgan fingerprint density at radius 2 is 1.76 bits per heavy atom. The van der Waals surface area contributed by atoms with Crippen molar-refractivity contribution < 1.29 is 14.3 Å². The van der Waals surface area contributed by atoms with Crippen molar-refractivity contribution >= 4 is 23.3 Å². The Hall–Kier alpha value is -2.17. The highest BCUT2D eigenvalue weighted by molar-refractivity contribution is 6.30. The van der Waals surface area contributed by atoms with Gasteiger partial charge in [0, 0.05) is 36.4 Å². The van der Waals surface area contributed by atoms with E-state index < -0.39 is 0 Å². The van der Waals surface area contributed by atoms with E-state index in [0.717, 1.165) is 6.42 Å². The average molecular weight is 358 g/mol. The average Bonchev–Trinajstić information content (AvgIpc) is 2.65. The zero-order chi connectivity index (χ0) is 17.6. The zero-order valence-electron chi connectivity index (χ0n) is 13.8. The minimum absolute atomic E-state index is 0.0224. The summed E-state index contributed by atoms with van der Waals surface area (Å²) in [5, 5.41) is 3.45. The normalized spacial score (nSPS) is 16.1. The summed E-state index contributed by atoms with van der Waals surface area (Å²) >= 11 is 5.80. The van der Waals surface area contributed by atoms with Crippen molar-refractivity contribution in [2.24, 2.45) is 0 Å². The highest BCUT2D eigenvalue weighted by atomic mass is 35.5. The van der Waals surface area contributed by atoms with Crippen LogP contribution in [-0.4, -0.2) is 24.3 Å². The summed E-state index contributed by atoms with van der Waals surface area (Å²) in [6.07, 6.45) is 1.12. The number of halogens is 1. The Balaban J connectivity index is 1.41. The Bertz CT molecular complexity index is 758. The second kappa shape index (κ2) is 8.28. The molecule has 0 bridgehead atoms. The van der Waals surface area contributed by atoms with Gasteiger partial charge in [-0.2, -0.15) is 0 Å². The molecule has 4 nitrogen and oxygen atoms in total. The molecule has 1 heterocycles. The SMILES string of the molecule is O=C(CCC(=O)c1ccc(Cl)cc1)NCC1Cc2ccccc2CO1. The first-order valence-corrected chi connectivity index (χ1v) is 8.73. The van der Waals surface area contributed by atoms with Crippen LogP contribution in [0.2, 0.25) is 5.02 Å². The molecule has 1 aliphatic heterocycles. The van der Waals surface area contributed by atoms with E-state index in [9.17, 15) is 9.59 Å². The number of rotatable bonds is 6. The summed E-state index contributed by atoms with van der Waals surface area (Å²) in [6, 6.07) is 14.9. The monoisotopic (exact) mass is 357 g/mol. The first-order chi connectivity index (χ1) is 12.1. The van der Waals surface area contributed by atoms with E-state index >= 15 is 0 Å². The molecule has 5 heteroatoms. The van der Waals surface area contributed by atoms with Crippen molar-refractivity contribution in [3.05, 3.63) is 70.2 Å². The third-order valence-electron chi connectivity index (χ3n) is 4.31. The molecule has 0 saturated carbocycles. The largest absolute Gasteiger partial charge is 0.371 e. The molecule has 3 rings (SSSR count). The van der Waals surface area contributed by atoms with Crippen molar-refractivity contribution in [3.8, 4) is 0 Å². The number of amides is 1. The van der Waals surface area contributed by atoms with E-state index in [4.69, 9.17) is 16.3 Å². The fraction of sp³-hybridized carbons (Fsp3) is 0.300. The predicted octanol–water partition coefficient (Wildman–Crippen LogP) is 3.56. The van der Waals surface area contributed by atoms with Crippen LogP contribution < -0.4 is 5.32 Å².